The second-order valence-corrected chi connectivity index (χ2v) is 8.47. The van der Waals surface area contributed by atoms with Gasteiger partial charge < -0.3 is 38.9 Å². The quantitative estimate of drug-likeness (QED) is 0.168. The van der Waals surface area contributed by atoms with Gasteiger partial charge in [0.15, 0.2) is 0 Å². The molecule has 0 radical (unpaired) electrons. The third-order valence-corrected chi connectivity index (χ3v) is 5.36. The number of aryl methyl sites for hydroxylation is 1. The van der Waals surface area contributed by atoms with Crippen LogP contribution in [0.3, 0.4) is 0 Å². The monoisotopic (exact) mass is 513 g/mol. The van der Waals surface area contributed by atoms with Crippen molar-refractivity contribution in [2.24, 2.45) is 5.73 Å². The normalized spacial score (nSPS) is 11.3. The minimum atomic E-state index is 0.534. The lowest BCUT2D eigenvalue weighted by Crippen LogP contribution is -2.15. The first-order valence-electron chi connectivity index (χ1n) is 13.7. The first-order chi connectivity index (χ1) is 17.9. The molecule has 0 spiro atoms. The predicted molar refractivity (Wildman–Crippen MR) is 143 cm³/mol. The molecule has 0 unspecified atom stereocenters. The van der Waals surface area contributed by atoms with E-state index in [1.54, 1.807) is 0 Å². The Kier molecular flexibility index (Phi) is 24.4. The van der Waals surface area contributed by atoms with E-state index in [1.807, 2.05) is 0 Å². The Balaban J connectivity index is 1.78. The second-order valence-electron chi connectivity index (χ2n) is 8.47. The van der Waals surface area contributed by atoms with Crippen molar-refractivity contribution in [3.63, 3.8) is 0 Å². The van der Waals surface area contributed by atoms with Gasteiger partial charge in [-0.1, -0.05) is 51.2 Å². The van der Waals surface area contributed by atoms with Crippen molar-refractivity contribution in [3.05, 3.63) is 29.8 Å². The summed E-state index contributed by atoms with van der Waals surface area (Å²) in [6.07, 6.45) is 9.13. The fourth-order valence-corrected chi connectivity index (χ4v) is 3.37. The largest absolute Gasteiger partial charge is 0.491 e. The maximum atomic E-state index is 5.75. The smallest absolute Gasteiger partial charge is 0.119 e. The van der Waals surface area contributed by atoms with Gasteiger partial charge in [0.1, 0.15) is 12.4 Å². The summed E-state index contributed by atoms with van der Waals surface area (Å²) in [6.45, 7) is 9.88. The minimum Gasteiger partial charge on any atom is -0.491 e. The van der Waals surface area contributed by atoms with Gasteiger partial charge in [-0.05, 0) is 30.5 Å². The average Bonchev–Trinajstić information content (AvgIpc) is 2.90. The van der Waals surface area contributed by atoms with Gasteiger partial charge in [0.25, 0.3) is 0 Å². The molecule has 1 aromatic carbocycles. The molecular weight excluding hydrogens is 462 g/mol. The number of hydrogen-bond donors (Lipinski definition) is 1. The summed E-state index contributed by atoms with van der Waals surface area (Å²) in [7, 11) is 0. The third-order valence-electron chi connectivity index (χ3n) is 5.36. The molecule has 36 heavy (non-hydrogen) atoms. The van der Waals surface area contributed by atoms with E-state index in [4.69, 9.17) is 38.9 Å². The fourth-order valence-electron chi connectivity index (χ4n) is 3.37. The number of benzene rings is 1. The van der Waals surface area contributed by atoms with Crippen LogP contribution in [0.15, 0.2) is 24.3 Å². The van der Waals surface area contributed by atoms with Crippen molar-refractivity contribution in [1.82, 2.24) is 0 Å². The van der Waals surface area contributed by atoms with Gasteiger partial charge in [0, 0.05) is 6.54 Å². The van der Waals surface area contributed by atoms with E-state index in [-0.39, 0.29) is 0 Å². The molecule has 0 bridgehead atoms. The standard InChI is InChI=1S/C28H51NO7/c1-2-3-4-5-6-7-8-27-9-11-28(12-10-27)36-26-25-35-24-23-34-22-21-33-20-19-32-18-17-31-16-15-30-14-13-29/h9-12H,2-8,13-26,29H2,1H3. The number of hydrogen-bond acceptors (Lipinski definition) is 8. The molecule has 1 aromatic rings. The highest BCUT2D eigenvalue weighted by atomic mass is 16.6. The van der Waals surface area contributed by atoms with Crippen molar-refractivity contribution in [3.8, 4) is 5.75 Å². The molecule has 8 nitrogen and oxygen atoms in total. The number of ether oxygens (including phenoxy) is 7. The van der Waals surface area contributed by atoms with E-state index < -0.39 is 0 Å². The molecule has 0 fully saturated rings. The third kappa shape index (κ3) is 22.0. The van der Waals surface area contributed by atoms with Gasteiger partial charge in [0.05, 0.1) is 79.3 Å². The molecule has 0 heterocycles. The topological polar surface area (TPSA) is 90.6 Å². The second kappa shape index (κ2) is 26.8. The highest BCUT2D eigenvalue weighted by molar-refractivity contribution is 5.27. The molecule has 210 valence electrons. The van der Waals surface area contributed by atoms with Crippen LogP contribution in [0.2, 0.25) is 0 Å². The number of rotatable bonds is 28. The minimum absolute atomic E-state index is 0.534. The first kappa shape index (κ1) is 32.8. The molecule has 2 N–H and O–H groups in total. The van der Waals surface area contributed by atoms with E-state index >= 15 is 0 Å². The summed E-state index contributed by atoms with van der Waals surface area (Å²) in [5, 5.41) is 0. The molecule has 0 aliphatic carbocycles. The van der Waals surface area contributed by atoms with Crippen LogP contribution in [0.4, 0.5) is 0 Å². The molecule has 0 saturated carbocycles. The summed E-state index contributed by atoms with van der Waals surface area (Å²) in [5.41, 5.74) is 6.71. The lowest BCUT2D eigenvalue weighted by molar-refractivity contribution is -0.0175. The molecule has 0 saturated heterocycles. The van der Waals surface area contributed by atoms with Gasteiger partial charge >= 0.3 is 0 Å². The first-order valence-corrected chi connectivity index (χ1v) is 13.7. The van der Waals surface area contributed by atoms with Crippen molar-refractivity contribution >= 4 is 0 Å². The van der Waals surface area contributed by atoms with Gasteiger partial charge in [-0.25, -0.2) is 0 Å². The lowest BCUT2D eigenvalue weighted by Gasteiger charge is -2.09. The molecule has 1 rings (SSSR count). The maximum absolute atomic E-state index is 5.75. The molecule has 0 aliphatic rings. The zero-order chi connectivity index (χ0) is 25.8. The summed E-state index contributed by atoms with van der Waals surface area (Å²) in [5.74, 6) is 0.892. The molecule has 0 atom stereocenters. The number of nitrogens with two attached hydrogens (primary N) is 1. The summed E-state index contributed by atoms with van der Waals surface area (Å²) in [6, 6.07) is 8.44. The highest BCUT2D eigenvalue weighted by Gasteiger charge is 1.98. The van der Waals surface area contributed by atoms with Crippen LogP contribution in [0.25, 0.3) is 0 Å². The van der Waals surface area contributed by atoms with Crippen molar-refractivity contribution < 1.29 is 33.2 Å². The SMILES string of the molecule is CCCCCCCCc1ccc(OCCOCCOCCOCCOCCOCCOCCN)cc1. The maximum Gasteiger partial charge on any atom is 0.119 e. The van der Waals surface area contributed by atoms with E-state index in [0.717, 1.165) is 12.2 Å². The van der Waals surface area contributed by atoms with Crippen molar-refractivity contribution in [2.75, 3.05) is 92.4 Å². The summed E-state index contributed by atoms with van der Waals surface area (Å²) in [4.78, 5) is 0. The zero-order valence-electron chi connectivity index (χ0n) is 22.6. The van der Waals surface area contributed by atoms with Crippen LogP contribution < -0.4 is 10.5 Å². The van der Waals surface area contributed by atoms with Gasteiger partial charge in [0.2, 0.25) is 0 Å². The Morgan fingerprint density at radius 3 is 1.39 bits per heavy atom. The van der Waals surface area contributed by atoms with E-state index in [1.165, 1.54) is 44.1 Å². The zero-order valence-corrected chi connectivity index (χ0v) is 22.6. The van der Waals surface area contributed by atoms with Crippen molar-refractivity contribution in [1.29, 1.82) is 0 Å². The van der Waals surface area contributed by atoms with Crippen LogP contribution in [-0.4, -0.2) is 92.4 Å². The average molecular weight is 514 g/mol. The van der Waals surface area contributed by atoms with E-state index in [0.29, 0.717) is 92.4 Å². The van der Waals surface area contributed by atoms with Crippen LogP contribution >= 0.6 is 0 Å². The Morgan fingerprint density at radius 2 is 0.917 bits per heavy atom. The van der Waals surface area contributed by atoms with Gasteiger partial charge in [-0.2, -0.15) is 0 Å². The molecule has 0 aliphatic heterocycles. The van der Waals surface area contributed by atoms with Gasteiger partial charge in [-0.3, -0.25) is 0 Å². The summed E-state index contributed by atoms with van der Waals surface area (Å²) < 4.78 is 38.3. The van der Waals surface area contributed by atoms with Crippen LogP contribution in [0.5, 0.6) is 5.75 Å². The van der Waals surface area contributed by atoms with Crippen LogP contribution in [0.1, 0.15) is 51.0 Å². The van der Waals surface area contributed by atoms with Crippen molar-refractivity contribution in [2.45, 2.75) is 51.9 Å². The summed E-state index contributed by atoms with van der Waals surface area (Å²) >= 11 is 0. The Hall–Kier alpha value is -1.26. The van der Waals surface area contributed by atoms with E-state index in [9.17, 15) is 0 Å². The van der Waals surface area contributed by atoms with Gasteiger partial charge in [-0.15, -0.1) is 0 Å². The highest BCUT2D eigenvalue weighted by Crippen LogP contribution is 2.15. The Labute approximate surface area is 219 Å². The number of unbranched alkanes of at least 4 members (excludes halogenated alkanes) is 5. The lowest BCUT2D eigenvalue weighted by atomic mass is 10.0. The molecular formula is C28H51NO7. The van der Waals surface area contributed by atoms with E-state index in [2.05, 4.69) is 31.2 Å². The van der Waals surface area contributed by atoms with Crippen LogP contribution in [-0.2, 0) is 34.8 Å². The fraction of sp³-hybridized carbons (Fsp3) is 0.786. The Bertz CT molecular complexity index is 559. The molecule has 0 aromatic heterocycles. The molecule has 0 amide bonds. The molecule has 8 heteroatoms. The predicted octanol–water partition coefficient (Wildman–Crippen LogP) is 4.03. The Morgan fingerprint density at radius 1 is 0.500 bits per heavy atom. The van der Waals surface area contributed by atoms with Crippen LogP contribution in [0, 0.1) is 0 Å².